The number of hydrogen-bond acceptors (Lipinski definition) is 2. The van der Waals surface area contributed by atoms with Gasteiger partial charge in [-0.2, -0.15) is 0 Å². The number of hydrogen-bond donors (Lipinski definition) is 1. The highest BCUT2D eigenvalue weighted by Crippen LogP contribution is 2.48. The summed E-state index contributed by atoms with van der Waals surface area (Å²) in [6.07, 6.45) is 3.84. The maximum atomic E-state index is 5.81. The Hall–Kier alpha value is -0.540. The van der Waals surface area contributed by atoms with Crippen molar-refractivity contribution in [3.63, 3.8) is 0 Å². The van der Waals surface area contributed by atoms with Crippen molar-refractivity contribution in [1.29, 1.82) is 0 Å². The molecule has 2 nitrogen and oxygen atoms in total. The largest absolute Gasteiger partial charge is 0.494 e. The Morgan fingerprint density at radius 3 is 2.78 bits per heavy atom. The quantitative estimate of drug-likeness (QED) is 0.822. The van der Waals surface area contributed by atoms with Crippen LogP contribution in [-0.4, -0.2) is 19.2 Å². The molecule has 0 amide bonds. The van der Waals surface area contributed by atoms with Crippen molar-refractivity contribution in [2.24, 2.45) is 5.41 Å². The summed E-state index contributed by atoms with van der Waals surface area (Å²) < 4.78 is 6.88. The van der Waals surface area contributed by atoms with E-state index in [1.807, 2.05) is 24.3 Å². The molecular weight excluding hydrogens is 290 g/mol. The van der Waals surface area contributed by atoms with E-state index in [-0.39, 0.29) is 0 Å². The summed E-state index contributed by atoms with van der Waals surface area (Å²) in [6, 6.07) is 8.63. The molecule has 1 aliphatic rings. The summed E-state index contributed by atoms with van der Waals surface area (Å²) in [4.78, 5) is 0. The van der Waals surface area contributed by atoms with Crippen molar-refractivity contribution in [2.75, 3.05) is 13.2 Å². The summed E-state index contributed by atoms with van der Waals surface area (Å²) >= 11 is 3.46. The normalized spacial score (nSPS) is 16.9. The minimum atomic E-state index is 0.510. The van der Waals surface area contributed by atoms with E-state index in [9.17, 15) is 0 Å². The molecule has 18 heavy (non-hydrogen) atoms. The van der Waals surface area contributed by atoms with Crippen LogP contribution >= 0.6 is 15.9 Å². The third-order valence-electron chi connectivity index (χ3n) is 3.54. The van der Waals surface area contributed by atoms with Crippen LogP contribution in [0, 0.1) is 5.41 Å². The van der Waals surface area contributed by atoms with Gasteiger partial charge in [-0.25, -0.2) is 0 Å². The first-order chi connectivity index (χ1) is 8.60. The van der Waals surface area contributed by atoms with Gasteiger partial charge in [0, 0.05) is 17.1 Å². The third-order valence-corrected chi connectivity index (χ3v) is 4.03. The standard InChI is InChI=1S/C15H22BrNO/c1-12(2)17-11-15(6-7-15)8-9-18-14-5-3-4-13(16)10-14/h3-5,10,12,17H,6-9,11H2,1-2H3. The Balaban J connectivity index is 1.72. The SMILES string of the molecule is CC(C)NCC1(CCOc2cccc(Br)c2)CC1. The van der Waals surface area contributed by atoms with Gasteiger partial charge in [-0.3, -0.25) is 0 Å². The molecule has 1 fully saturated rings. The average molecular weight is 312 g/mol. The van der Waals surface area contributed by atoms with Crippen molar-refractivity contribution in [3.05, 3.63) is 28.7 Å². The molecule has 0 saturated heterocycles. The summed E-state index contributed by atoms with van der Waals surface area (Å²) in [7, 11) is 0. The smallest absolute Gasteiger partial charge is 0.120 e. The van der Waals surface area contributed by atoms with E-state index in [2.05, 4.69) is 35.1 Å². The first-order valence-corrected chi connectivity index (χ1v) is 7.51. The molecule has 0 radical (unpaired) electrons. The first-order valence-electron chi connectivity index (χ1n) is 6.71. The Kier molecular flexibility index (Phi) is 4.68. The average Bonchev–Trinajstić information content (AvgIpc) is 3.07. The topological polar surface area (TPSA) is 21.3 Å². The molecule has 0 bridgehead atoms. The van der Waals surface area contributed by atoms with E-state index in [1.54, 1.807) is 0 Å². The van der Waals surface area contributed by atoms with E-state index in [4.69, 9.17) is 4.74 Å². The van der Waals surface area contributed by atoms with Gasteiger partial charge in [-0.05, 0) is 42.9 Å². The van der Waals surface area contributed by atoms with Crippen LogP contribution in [0.5, 0.6) is 5.75 Å². The molecule has 3 heteroatoms. The fraction of sp³-hybridized carbons (Fsp3) is 0.600. The van der Waals surface area contributed by atoms with Crippen molar-refractivity contribution in [3.8, 4) is 5.75 Å². The Labute approximate surface area is 118 Å². The van der Waals surface area contributed by atoms with Crippen LogP contribution in [0.25, 0.3) is 0 Å². The maximum absolute atomic E-state index is 5.81. The van der Waals surface area contributed by atoms with E-state index in [0.717, 1.165) is 29.8 Å². The molecule has 1 N–H and O–H groups in total. The number of nitrogens with one attached hydrogen (secondary N) is 1. The lowest BCUT2D eigenvalue weighted by atomic mass is 10.0. The second-order valence-electron chi connectivity index (χ2n) is 5.59. The summed E-state index contributed by atoms with van der Waals surface area (Å²) in [5.74, 6) is 0.956. The molecule has 1 aromatic rings. The van der Waals surface area contributed by atoms with Crippen molar-refractivity contribution in [1.82, 2.24) is 5.32 Å². The Morgan fingerprint density at radius 2 is 2.17 bits per heavy atom. The minimum absolute atomic E-state index is 0.510. The van der Waals surface area contributed by atoms with Crippen LogP contribution in [0.2, 0.25) is 0 Å². The van der Waals surface area contributed by atoms with E-state index in [1.165, 1.54) is 12.8 Å². The minimum Gasteiger partial charge on any atom is -0.494 e. The second-order valence-corrected chi connectivity index (χ2v) is 6.51. The summed E-state index contributed by atoms with van der Waals surface area (Å²) in [6.45, 7) is 6.35. The molecule has 0 heterocycles. The van der Waals surface area contributed by atoms with Gasteiger partial charge in [-0.15, -0.1) is 0 Å². The lowest BCUT2D eigenvalue weighted by molar-refractivity contribution is 0.262. The zero-order valence-corrected chi connectivity index (χ0v) is 12.8. The van der Waals surface area contributed by atoms with Gasteiger partial charge in [0.05, 0.1) is 6.61 Å². The molecule has 1 aliphatic carbocycles. The van der Waals surface area contributed by atoms with E-state index in [0.29, 0.717) is 11.5 Å². The summed E-state index contributed by atoms with van der Waals surface area (Å²) in [5.41, 5.74) is 0.510. The van der Waals surface area contributed by atoms with Crippen molar-refractivity contribution < 1.29 is 4.74 Å². The maximum Gasteiger partial charge on any atom is 0.120 e. The summed E-state index contributed by atoms with van der Waals surface area (Å²) in [5, 5.41) is 3.54. The molecule has 2 rings (SSSR count). The van der Waals surface area contributed by atoms with Gasteiger partial charge in [0.25, 0.3) is 0 Å². The van der Waals surface area contributed by atoms with Crippen molar-refractivity contribution in [2.45, 2.75) is 39.2 Å². The molecule has 0 spiro atoms. The monoisotopic (exact) mass is 311 g/mol. The van der Waals surface area contributed by atoms with Crippen LogP contribution in [0.4, 0.5) is 0 Å². The number of rotatable bonds is 7. The zero-order chi connectivity index (χ0) is 13.0. The van der Waals surface area contributed by atoms with E-state index >= 15 is 0 Å². The number of ether oxygens (including phenoxy) is 1. The molecule has 0 atom stereocenters. The Morgan fingerprint density at radius 1 is 1.39 bits per heavy atom. The molecule has 0 aromatic heterocycles. The first kappa shape index (κ1) is 13.9. The third kappa shape index (κ3) is 4.29. The van der Waals surface area contributed by atoms with Gasteiger partial charge < -0.3 is 10.1 Å². The van der Waals surface area contributed by atoms with Crippen LogP contribution in [0.1, 0.15) is 33.1 Å². The van der Waals surface area contributed by atoms with Crippen molar-refractivity contribution >= 4 is 15.9 Å². The van der Waals surface area contributed by atoms with Crippen LogP contribution in [0.3, 0.4) is 0 Å². The zero-order valence-electron chi connectivity index (χ0n) is 11.2. The van der Waals surface area contributed by atoms with Gasteiger partial charge in [0.15, 0.2) is 0 Å². The predicted octanol–water partition coefficient (Wildman–Crippen LogP) is 4.00. The predicted molar refractivity (Wildman–Crippen MR) is 79.1 cm³/mol. The fourth-order valence-corrected chi connectivity index (χ4v) is 2.43. The number of halogens is 1. The van der Waals surface area contributed by atoms with Gasteiger partial charge in [0.2, 0.25) is 0 Å². The fourth-order valence-electron chi connectivity index (χ4n) is 2.05. The highest BCUT2D eigenvalue weighted by molar-refractivity contribution is 9.10. The lowest BCUT2D eigenvalue weighted by Gasteiger charge is -2.18. The highest BCUT2D eigenvalue weighted by atomic mass is 79.9. The molecule has 1 aromatic carbocycles. The highest BCUT2D eigenvalue weighted by Gasteiger charge is 2.41. The second kappa shape index (κ2) is 6.07. The van der Waals surface area contributed by atoms with Gasteiger partial charge >= 0.3 is 0 Å². The van der Waals surface area contributed by atoms with Crippen LogP contribution in [0.15, 0.2) is 28.7 Å². The molecule has 1 saturated carbocycles. The molecule has 0 aliphatic heterocycles. The van der Waals surface area contributed by atoms with Crippen LogP contribution in [-0.2, 0) is 0 Å². The van der Waals surface area contributed by atoms with Crippen LogP contribution < -0.4 is 10.1 Å². The van der Waals surface area contributed by atoms with E-state index < -0.39 is 0 Å². The molecule has 0 unspecified atom stereocenters. The van der Waals surface area contributed by atoms with Gasteiger partial charge in [-0.1, -0.05) is 35.8 Å². The lowest BCUT2D eigenvalue weighted by Crippen LogP contribution is -2.30. The molecular formula is C15H22BrNO. The molecule has 100 valence electrons. The Bertz CT molecular complexity index is 388. The number of benzene rings is 1. The van der Waals surface area contributed by atoms with Gasteiger partial charge in [0.1, 0.15) is 5.75 Å².